The van der Waals surface area contributed by atoms with E-state index < -0.39 is 0 Å². The SMILES string of the molecule is COc1ccc(C(C)(C)CNC(=O)NCC2CCOC2)cc1OC. The summed E-state index contributed by atoms with van der Waals surface area (Å²) in [5.41, 5.74) is 0.845. The first-order valence-electron chi connectivity index (χ1n) is 8.28. The number of methoxy groups -OCH3 is 2. The highest BCUT2D eigenvalue weighted by Crippen LogP contribution is 2.32. The highest BCUT2D eigenvalue weighted by atomic mass is 16.5. The fourth-order valence-corrected chi connectivity index (χ4v) is 2.70. The van der Waals surface area contributed by atoms with Gasteiger partial charge in [0.15, 0.2) is 11.5 Å². The van der Waals surface area contributed by atoms with Crippen LogP contribution in [-0.4, -0.2) is 46.6 Å². The van der Waals surface area contributed by atoms with Crippen LogP contribution in [0.1, 0.15) is 25.8 Å². The molecule has 0 spiro atoms. The zero-order valence-corrected chi connectivity index (χ0v) is 15.0. The number of ether oxygens (including phenoxy) is 3. The molecule has 1 aromatic carbocycles. The van der Waals surface area contributed by atoms with Crippen molar-refractivity contribution in [1.82, 2.24) is 10.6 Å². The molecule has 2 amide bonds. The first kappa shape index (κ1) is 18.4. The zero-order valence-electron chi connectivity index (χ0n) is 15.0. The Labute approximate surface area is 143 Å². The molecular formula is C18H28N2O4. The summed E-state index contributed by atoms with van der Waals surface area (Å²) in [5, 5.41) is 5.86. The number of hydrogen-bond donors (Lipinski definition) is 2. The number of carbonyl (C=O) groups is 1. The average molecular weight is 336 g/mol. The largest absolute Gasteiger partial charge is 0.493 e. The van der Waals surface area contributed by atoms with Gasteiger partial charge in [0.05, 0.1) is 20.8 Å². The Kier molecular flexibility index (Phi) is 6.31. The molecule has 0 aromatic heterocycles. The normalized spacial score (nSPS) is 17.4. The molecule has 0 aliphatic carbocycles. The molecule has 1 unspecified atom stereocenters. The zero-order chi connectivity index (χ0) is 17.6. The van der Waals surface area contributed by atoms with Crippen LogP contribution < -0.4 is 20.1 Å². The van der Waals surface area contributed by atoms with Crippen molar-refractivity contribution in [3.8, 4) is 11.5 Å². The molecular weight excluding hydrogens is 308 g/mol. The van der Waals surface area contributed by atoms with Crippen molar-refractivity contribution in [3.63, 3.8) is 0 Å². The molecule has 24 heavy (non-hydrogen) atoms. The molecule has 1 fully saturated rings. The summed E-state index contributed by atoms with van der Waals surface area (Å²) in [7, 11) is 3.23. The van der Waals surface area contributed by atoms with E-state index in [1.807, 2.05) is 18.2 Å². The number of nitrogens with one attached hydrogen (secondary N) is 2. The minimum atomic E-state index is -0.229. The Morgan fingerprint density at radius 3 is 2.62 bits per heavy atom. The Hall–Kier alpha value is -1.95. The summed E-state index contributed by atoms with van der Waals surface area (Å²) >= 11 is 0. The molecule has 0 saturated carbocycles. The van der Waals surface area contributed by atoms with Gasteiger partial charge in [0.1, 0.15) is 0 Å². The molecule has 1 saturated heterocycles. The van der Waals surface area contributed by atoms with E-state index in [0.29, 0.717) is 30.5 Å². The monoisotopic (exact) mass is 336 g/mol. The highest BCUT2D eigenvalue weighted by molar-refractivity contribution is 5.74. The molecule has 6 nitrogen and oxygen atoms in total. The van der Waals surface area contributed by atoms with E-state index in [4.69, 9.17) is 14.2 Å². The predicted molar refractivity (Wildman–Crippen MR) is 92.9 cm³/mol. The summed E-state index contributed by atoms with van der Waals surface area (Å²) in [4.78, 5) is 12.0. The number of amides is 2. The van der Waals surface area contributed by atoms with Crippen molar-refractivity contribution in [1.29, 1.82) is 0 Å². The van der Waals surface area contributed by atoms with Gasteiger partial charge in [0, 0.05) is 31.0 Å². The highest BCUT2D eigenvalue weighted by Gasteiger charge is 2.23. The average Bonchev–Trinajstić information content (AvgIpc) is 3.11. The minimum absolute atomic E-state index is 0.143. The fourth-order valence-electron chi connectivity index (χ4n) is 2.70. The summed E-state index contributed by atoms with van der Waals surface area (Å²) in [6.45, 7) is 6.87. The third kappa shape index (κ3) is 4.77. The number of rotatable bonds is 7. The molecule has 2 rings (SSSR count). The third-order valence-corrected chi connectivity index (χ3v) is 4.43. The molecule has 0 radical (unpaired) electrons. The lowest BCUT2D eigenvalue weighted by Gasteiger charge is -2.26. The summed E-state index contributed by atoms with van der Waals surface area (Å²) in [5.74, 6) is 1.81. The molecule has 0 bridgehead atoms. The van der Waals surface area contributed by atoms with E-state index in [9.17, 15) is 4.79 Å². The van der Waals surface area contributed by atoms with Gasteiger partial charge in [-0.1, -0.05) is 19.9 Å². The van der Waals surface area contributed by atoms with Crippen LogP contribution in [0.15, 0.2) is 18.2 Å². The molecule has 1 aromatic rings. The first-order chi connectivity index (χ1) is 11.5. The van der Waals surface area contributed by atoms with Crippen molar-refractivity contribution in [3.05, 3.63) is 23.8 Å². The van der Waals surface area contributed by atoms with Crippen LogP contribution in [0.25, 0.3) is 0 Å². The number of benzene rings is 1. The minimum Gasteiger partial charge on any atom is -0.493 e. The molecule has 1 heterocycles. The summed E-state index contributed by atoms with van der Waals surface area (Å²) in [6, 6.07) is 5.69. The van der Waals surface area contributed by atoms with Gasteiger partial charge in [-0.05, 0) is 24.1 Å². The maximum absolute atomic E-state index is 12.0. The van der Waals surface area contributed by atoms with E-state index in [2.05, 4.69) is 24.5 Å². The fraction of sp³-hybridized carbons (Fsp3) is 0.611. The lowest BCUT2D eigenvalue weighted by molar-refractivity contribution is 0.185. The van der Waals surface area contributed by atoms with Crippen LogP contribution >= 0.6 is 0 Å². The van der Waals surface area contributed by atoms with Crippen LogP contribution in [0.2, 0.25) is 0 Å². The molecule has 2 N–H and O–H groups in total. The van der Waals surface area contributed by atoms with Crippen LogP contribution in [0.5, 0.6) is 11.5 Å². The molecule has 1 aliphatic rings. The summed E-state index contributed by atoms with van der Waals surface area (Å²) in [6.07, 6.45) is 1.01. The quantitative estimate of drug-likeness (QED) is 0.802. The van der Waals surface area contributed by atoms with Crippen molar-refractivity contribution < 1.29 is 19.0 Å². The van der Waals surface area contributed by atoms with Gasteiger partial charge in [-0.15, -0.1) is 0 Å². The van der Waals surface area contributed by atoms with Crippen LogP contribution in [0.4, 0.5) is 4.79 Å². The van der Waals surface area contributed by atoms with E-state index in [-0.39, 0.29) is 11.4 Å². The van der Waals surface area contributed by atoms with Gasteiger partial charge in [0.2, 0.25) is 0 Å². The second-order valence-corrected chi connectivity index (χ2v) is 6.75. The summed E-state index contributed by atoms with van der Waals surface area (Å²) < 4.78 is 15.9. The first-order valence-corrected chi connectivity index (χ1v) is 8.28. The van der Waals surface area contributed by atoms with Crippen molar-refractivity contribution in [2.45, 2.75) is 25.7 Å². The Bertz CT molecular complexity index is 554. The number of carbonyl (C=O) groups excluding carboxylic acids is 1. The molecule has 1 aliphatic heterocycles. The Morgan fingerprint density at radius 2 is 2.00 bits per heavy atom. The maximum atomic E-state index is 12.0. The van der Waals surface area contributed by atoms with Gasteiger partial charge in [-0.3, -0.25) is 0 Å². The maximum Gasteiger partial charge on any atom is 0.314 e. The Morgan fingerprint density at radius 1 is 1.25 bits per heavy atom. The smallest absolute Gasteiger partial charge is 0.314 e. The lowest BCUT2D eigenvalue weighted by Crippen LogP contribution is -2.43. The second-order valence-electron chi connectivity index (χ2n) is 6.75. The number of hydrogen-bond acceptors (Lipinski definition) is 4. The van der Waals surface area contributed by atoms with Gasteiger partial charge in [-0.25, -0.2) is 4.79 Å². The van der Waals surface area contributed by atoms with Gasteiger partial charge in [0.25, 0.3) is 0 Å². The van der Waals surface area contributed by atoms with Crippen LogP contribution in [0, 0.1) is 5.92 Å². The van der Waals surface area contributed by atoms with E-state index in [1.54, 1.807) is 14.2 Å². The third-order valence-electron chi connectivity index (χ3n) is 4.43. The lowest BCUT2D eigenvalue weighted by atomic mass is 9.84. The van der Waals surface area contributed by atoms with Crippen LogP contribution in [0.3, 0.4) is 0 Å². The van der Waals surface area contributed by atoms with E-state index in [1.165, 1.54) is 0 Å². The number of urea groups is 1. The van der Waals surface area contributed by atoms with E-state index >= 15 is 0 Å². The van der Waals surface area contributed by atoms with Gasteiger partial charge in [-0.2, -0.15) is 0 Å². The molecule has 1 atom stereocenters. The van der Waals surface area contributed by atoms with Gasteiger partial charge < -0.3 is 24.8 Å². The predicted octanol–water partition coefficient (Wildman–Crippen LogP) is 2.32. The molecule has 6 heteroatoms. The van der Waals surface area contributed by atoms with Crippen molar-refractivity contribution in [2.75, 3.05) is 40.5 Å². The molecule has 134 valence electrons. The van der Waals surface area contributed by atoms with Crippen LogP contribution in [-0.2, 0) is 10.2 Å². The van der Waals surface area contributed by atoms with E-state index in [0.717, 1.165) is 25.2 Å². The standard InChI is InChI=1S/C18H28N2O4/c1-18(2,14-5-6-15(22-3)16(9-14)23-4)12-20-17(21)19-10-13-7-8-24-11-13/h5-6,9,13H,7-8,10-12H2,1-4H3,(H2,19,20,21). The van der Waals surface area contributed by atoms with Crippen molar-refractivity contribution >= 4 is 6.03 Å². The Balaban J connectivity index is 1.88. The van der Waals surface area contributed by atoms with Gasteiger partial charge >= 0.3 is 6.03 Å². The second kappa shape index (κ2) is 8.24. The topological polar surface area (TPSA) is 68.8 Å². The van der Waals surface area contributed by atoms with Crippen molar-refractivity contribution in [2.24, 2.45) is 5.92 Å².